The highest BCUT2D eigenvalue weighted by Crippen LogP contribution is 2.27. The van der Waals surface area contributed by atoms with Crippen LogP contribution >= 0.6 is 0 Å². The van der Waals surface area contributed by atoms with Gasteiger partial charge in [-0.05, 0) is 31.0 Å². The second-order valence-electron chi connectivity index (χ2n) is 7.91. The molecule has 1 amide bonds. The number of aryl methyl sites for hydroxylation is 1. The zero-order valence-corrected chi connectivity index (χ0v) is 18.5. The molecule has 3 aromatic carbocycles. The Balaban J connectivity index is 1.59. The van der Waals surface area contributed by atoms with E-state index in [2.05, 4.69) is 13.0 Å². The third-order valence-electron chi connectivity index (χ3n) is 5.55. The van der Waals surface area contributed by atoms with Gasteiger partial charge in [-0.15, -0.1) is 0 Å². The average molecular weight is 422 g/mol. The number of para-hydroxylation sites is 1. The Morgan fingerprint density at radius 3 is 2.25 bits per heavy atom. The predicted octanol–water partition coefficient (Wildman–Crippen LogP) is 6.93. The van der Waals surface area contributed by atoms with Crippen molar-refractivity contribution in [1.82, 2.24) is 4.90 Å². The molecular formula is C29H27NO2. The number of benzene rings is 3. The first-order valence-electron chi connectivity index (χ1n) is 10.8. The van der Waals surface area contributed by atoms with E-state index in [0.717, 1.165) is 33.4 Å². The summed E-state index contributed by atoms with van der Waals surface area (Å²) in [6.45, 7) is 4.85. The van der Waals surface area contributed by atoms with Crippen molar-refractivity contribution in [3.05, 3.63) is 125 Å². The van der Waals surface area contributed by atoms with E-state index < -0.39 is 0 Å². The number of rotatable bonds is 7. The molecule has 0 fully saturated rings. The summed E-state index contributed by atoms with van der Waals surface area (Å²) >= 11 is 0. The number of carbonyl (C=O) groups excluding carboxylic acids is 1. The van der Waals surface area contributed by atoms with Crippen LogP contribution in [0.2, 0.25) is 0 Å². The van der Waals surface area contributed by atoms with Crippen molar-refractivity contribution in [2.24, 2.45) is 0 Å². The molecule has 1 aromatic heterocycles. The topological polar surface area (TPSA) is 33.5 Å². The standard InChI is InChI=1S/C29H27NO2/c1-22(12-11-17-24-13-5-3-6-14-24)29(31)30(20-25-15-7-4-8-16-25)21-28-23(2)26-18-9-10-19-27(26)32-28/h3-19H,20-21H2,1-2H3/b17-11+,22-12+. The van der Waals surface area contributed by atoms with Gasteiger partial charge in [0.1, 0.15) is 11.3 Å². The zero-order valence-electron chi connectivity index (χ0n) is 18.5. The lowest BCUT2D eigenvalue weighted by Gasteiger charge is -2.22. The molecular weight excluding hydrogens is 394 g/mol. The van der Waals surface area contributed by atoms with Crippen LogP contribution in [-0.4, -0.2) is 10.8 Å². The van der Waals surface area contributed by atoms with Crippen molar-refractivity contribution in [3.8, 4) is 0 Å². The first kappa shape index (κ1) is 21.4. The molecule has 32 heavy (non-hydrogen) atoms. The van der Waals surface area contributed by atoms with Crippen LogP contribution in [0.4, 0.5) is 0 Å². The lowest BCUT2D eigenvalue weighted by atomic mass is 10.1. The van der Waals surface area contributed by atoms with E-state index in [4.69, 9.17) is 4.42 Å². The summed E-state index contributed by atoms with van der Waals surface area (Å²) in [5.74, 6) is 0.814. The summed E-state index contributed by atoms with van der Waals surface area (Å²) in [6, 6.07) is 28.1. The van der Waals surface area contributed by atoms with Crippen LogP contribution < -0.4 is 0 Å². The van der Waals surface area contributed by atoms with E-state index in [9.17, 15) is 4.79 Å². The van der Waals surface area contributed by atoms with E-state index in [-0.39, 0.29) is 5.91 Å². The van der Waals surface area contributed by atoms with E-state index in [1.54, 1.807) is 0 Å². The van der Waals surface area contributed by atoms with Crippen LogP contribution in [-0.2, 0) is 17.9 Å². The SMILES string of the molecule is C/C(=C\C=C\c1ccccc1)C(=O)N(Cc1ccccc1)Cc1oc2ccccc2c1C. The van der Waals surface area contributed by atoms with Crippen LogP contribution in [0.5, 0.6) is 0 Å². The van der Waals surface area contributed by atoms with Gasteiger partial charge in [0.2, 0.25) is 5.91 Å². The van der Waals surface area contributed by atoms with E-state index in [1.807, 2.05) is 109 Å². The molecule has 0 spiro atoms. The molecule has 0 saturated heterocycles. The number of amides is 1. The van der Waals surface area contributed by atoms with Gasteiger partial charge < -0.3 is 9.32 Å². The van der Waals surface area contributed by atoms with Crippen molar-refractivity contribution >= 4 is 23.0 Å². The number of nitrogens with zero attached hydrogens (tertiary/aromatic N) is 1. The molecule has 0 aliphatic heterocycles. The highest BCUT2D eigenvalue weighted by atomic mass is 16.3. The normalized spacial score (nSPS) is 11.9. The monoisotopic (exact) mass is 421 g/mol. The fraction of sp³-hybridized carbons (Fsp3) is 0.138. The molecule has 0 bridgehead atoms. The number of allylic oxidation sites excluding steroid dienone is 2. The Morgan fingerprint density at radius 1 is 0.875 bits per heavy atom. The fourth-order valence-corrected chi connectivity index (χ4v) is 3.74. The molecule has 3 nitrogen and oxygen atoms in total. The van der Waals surface area contributed by atoms with Gasteiger partial charge in [-0.2, -0.15) is 0 Å². The Bertz CT molecular complexity index is 1250. The van der Waals surface area contributed by atoms with Gasteiger partial charge in [0.15, 0.2) is 0 Å². The fourth-order valence-electron chi connectivity index (χ4n) is 3.74. The maximum absolute atomic E-state index is 13.4. The van der Waals surface area contributed by atoms with Gasteiger partial charge in [-0.1, -0.05) is 97.1 Å². The van der Waals surface area contributed by atoms with Crippen LogP contribution in [0, 0.1) is 6.92 Å². The lowest BCUT2D eigenvalue weighted by Crippen LogP contribution is -2.30. The Hall–Kier alpha value is -3.85. The van der Waals surface area contributed by atoms with Crippen LogP contribution in [0.3, 0.4) is 0 Å². The molecule has 160 valence electrons. The number of hydrogen-bond acceptors (Lipinski definition) is 2. The summed E-state index contributed by atoms with van der Waals surface area (Å²) in [7, 11) is 0. The largest absolute Gasteiger partial charge is 0.459 e. The molecule has 3 heteroatoms. The molecule has 0 radical (unpaired) electrons. The second-order valence-corrected chi connectivity index (χ2v) is 7.91. The number of carbonyl (C=O) groups is 1. The van der Waals surface area contributed by atoms with Crippen LogP contribution in [0.25, 0.3) is 17.0 Å². The lowest BCUT2D eigenvalue weighted by molar-refractivity contribution is -0.128. The summed E-state index contributed by atoms with van der Waals surface area (Å²) < 4.78 is 6.11. The summed E-state index contributed by atoms with van der Waals surface area (Å²) in [5.41, 5.74) is 4.80. The van der Waals surface area contributed by atoms with Gasteiger partial charge >= 0.3 is 0 Å². The van der Waals surface area contributed by atoms with E-state index in [0.29, 0.717) is 18.7 Å². The van der Waals surface area contributed by atoms with Crippen molar-refractivity contribution in [2.75, 3.05) is 0 Å². The Morgan fingerprint density at radius 2 is 1.53 bits per heavy atom. The minimum absolute atomic E-state index is 0.00794. The molecule has 4 aromatic rings. The number of hydrogen-bond donors (Lipinski definition) is 0. The molecule has 0 atom stereocenters. The van der Waals surface area contributed by atoms with Gasteiger partial charge in [-0.3, -0.25) is 4.79 Å². The quantitative estimate of drug-likeness (QED) is 0.239. The smallest absolute Gasteiger partial charge is 0.250 e. The van der Waals surface area contributed by atoms with Crippen molar-refractivity contribution in [2.45, 2.75) is 26.9 Å². The maximum Gasteiger partial charge on any atom is 0.250 e. The predicted molar refractivity (Wildman–Crippen MR) is 131 cm³/mol. The third kappa shape index (κ3) is 5.06. The van der Waals surface area contributed by atoms with Crippen LogP contribution in [0.15, 0.2) is 107 Å². The maximum atomic E-state index is 13.4. The molecule has 0 unspecified atom stereocenters. The third-order valence-corrected chi connectivity index (χ3v) is 5.55. The van der Waals surface area contributed by atoms with Gasteiger partial charge in [0.05, 0.1) is 6.54 Å². The Kier molecular flexibility index (Phi) is 6.66. The first-order valence-corrected chi connectivity index (χ1v) is 10.8. The van der Waals surface area contributed by atoms with Crippen molar-refractivity contribution < 1.29 is 9.21 Å². The second kappa shape index (κ2) is 9.97. The molecule has 0 aliphatic carbocycles. The van der Waals surface area contributed by atoms with Gasteiger partial charge in [0.25, 0.3) is 0 Å². The van der Waals surface area contributed by atoms with Crippen LogP contribution in [0.1, 0.15) is 29.4 Å². The minimum atomic E-state index is -0.00794. The molecule has 0 saturated carbocycles. The number of furan rings is 1. The first-order chi connectivity index (χ1) is 15.6. The van der Waals surface area contributed by atoms with E-state index >= 15 is 0 Å². The summed E-state index contributed by atoms with van der Waals surface area (Å²) in [6.07, 6.45) is 5.80. The van der Waals surface area contributed by atoms with Gasteiger partial charge in [-0.25, -0.2) is 0 Å². The summed E-state index contributed by atoms with van der Waals surface area (Å²) in [4.78, 5) is 15.3. The minimum Gasteiger partial charge on any atom is -0.459 e. The molecule has 1 heterocycles. The molecule has 0 aliphatic rings. The molecule has 4 rings (SSSR count). The van der Waals surface area contributed by atoms with Crippen molar-refractivity contribution in [3.63, 3.8) is 0 Å². The summed E-state index contributed by atoms with van der Waals surface area (Å²) in [5, 5.41) is 1.09. The van der Waals surface area contributed by atoms with Crippen molar-refractivity contribution in [1.29, 1.82) is 0 Å². The highest BCUT2D eigenvalue weighted by molar-refractivity contribution is 5.93. The average Bonchev–Trinajstić information content (AvgIpc) is 3.15. The Labute approximate surface area is 189 Å². The number of fused-ring (bicyclic) bond motifs is 1. The zero-order chi connectivity index (χ0) is 22.3. The highest BCUT2D eigenvalue weighted by Gasteiger charge is 2.20. The van der Waals surface area contributed by atoms with E-state index in [1.165, 1.54) is 0 Å². The van der Waals surface area contributed by atoms with Gasteiger partial charge in [0, 0.05) is 23.1 Å². The molecule has 0 N–H and O–H groups in total.